The van der Waals surface area contributed by atoms with E-state index in [4.69, 9.17) is 14.7 Å². The average Bonchev–Trinajstić information content (AvgIpc) is 2.62. The average molecular weight is 356 g/mol. The second-order valence-corrected chi connectivity index (χ2v) is 7.31. The molecule has 0 aliphatic carbocycles. The molecule has 2 aromatic rings. The lowest BCUT2D eigenvalue weighted by Gasteiger charge is -2.25. The molecule has 4 nitrogen and oxygen atoms in total. The first-order valence-corrected chi connectivity index (χ1v) is 9.79. The summed E-state index contributed by atoms with van der Waals surface area (Å²) in [7, 11) is 2.11. The van der Waals surface area contributed by atoms with Crippen LogP contribution >= 0.6 is 0 Å². The van der Waals surface area contributed by atoms with Gasteiger partial charge in [0, 0.05) is 11.9 Å². The molecule has 1 unspecified atom stereocenters. The van der Waals surface area contributed by atoms with Crippen LogP contribution in [0, 0.1) is 0 Å². The van der Waals surface area contributed by atoms with Crippen LogP contribution in [0.4, 0.5) is 0 Å². The minimum absolute atomic E-state index is 0.273. The number of allylic oxidation sites excluding steroid dienone is 1. The molecule has 4 heteroatoms. The van der Waals surface area contributed by atoms with E-state index in [1.165, 1.54) is 6.42 Å². The van der Waals surface area contributed by atoms with Crippen molar-refractivity contribution in [3.8, 4) is 0 Å². The van der Waals surface area contributed by atoms with Gasteiger partial charge < -0.3 is 4.74 Å². The number of nitrogens with zero attached hydrogens (tertiary/aromatic N) is 3. The summed E-state index contributed by atoms with van der Waals surface area (Å²) in [6.45, 7) is 10.3. The summed E-state index contributed by atoms with van der Waals surface area (Å²) >= 11 is 0. The molecule has 0 fully saturated rings. The number of likely N-dealkylation sites (N-methyl/N-ethyl adjacent to an activating group) is 1. The molecule has 0 spiro atoms. The number of fused-ring (bicyclic) bond motifs is 1. The summed E-state index contributed by atoms with van der Waals surface area (Å²) in [6.07, 6.45) is 7.61. The molecule has 0 bridgehead atoms. The summed E-state index contributed by atoms with van der Waals surface area (Å²) < 4.78 is 5.66. The maximum absolute atomic E-state index is 5.66. The van der Waals surface area contributed by atoms with Crippen LogP contribution < -0.4 is 0 Å². The number of rotatable bonds is 5. The highest BCUT2D eigenvalue weighted by molar-refractivity contribution is 5.81. The predicted octanol–water partition coefficient (Wildman–Crippen LogP) is 5.29. The lowest BCUT2D eigenvalue weighted by atomic mass is 10.0. The topological polar surface area (TPSA) is 38.2 Å². The maximum atomic E-state index is 5.66. The fourth-order valence-corrected chi connectivity index (χ4v) is 3.03. The second-order valence-electron chi connectivity index (χ2n) is 7.31. The standard InChI is InChI=1S/C19H25N3O.C3H8/c1-14(2)19-16-9-4-5-10-17(16)20-18(21-19)13-22(3)12-15-8-6-7-11-23-15;1-3-2/h4-5,7,9-11,14-15H,6,8,12-13H2,1-3H3;3H2,1-2H3. The Bertz CT molecular complexity index is 712. The number of benzene rings is 1. The van der Waals surface area contributed by atoms with Gasteiger partial charge >= 0.3 is 0 Å². The van der Waals surface area contributed by atoms with Crippen molar-refractivity contribution in [2.24, 2.45) is 0 Å². The third kappa shape index (κ3) is 5.80. The Kier molecular flexibility index (Phi) is 8.05. The Morgan fingerprint density at radius 2 is 1.92 bits per heavy atom. The van der Waals surface area contributed by atoms with Crippen molar-refractivity contribution in [2.45, 2.75) is 65.5 Å². The van der Waals surface area contributed by atoms with Crippen LogP contribution in [0.5, 0.6) is 0 Å². The lowest BCUT2D eigenvalue weighted by molar-refractivity contribution is 0.0852. The van der Waals surface area contributed by atoms with E-state index in [1.54, 1.807) is 0 Å². The second kappa shape index (κ2) is 10.3. The van der Waals surface area contributed by atoms with Gasteiger partial charge in [0.2, 0.25) is 0 Å². The molecule has 2 heterocycles. The summed E-state index contributed by atoms with van der Waals surface area (Å²) in [6, 6.07) is 8.27. The lowest BCUT2D eigenvalue weighted by Crippen LogP contribution is -2.31. The van der Waals surface area contributed by atoms with E-state index in [2.05, 4.69) is 63.9 Å². The van der Waals surface area contributed by atoms with Gasteiger partial charge in [-0.05, 0) is 37.9 Å². The molecule has 3 rings (SSSR count). The molecule has 142 valence electrons. The maximum Gasteiger partial charge on any atom is 0.143 e. The molecule has 1 aromatic heterocycles. The fourth-order valence-electron chi connectivity index (χ4n) is 3.03. The van der Waals surface area contributed by atoms with E-state index < -0.39 is 0 Å². The fraction of sp³-hybridized carbons (Fsp3) is 0.545. The number of para-hydroxylation sites is 1. The number of hydrogen-bond donors (Lipinski definition) is 0. The number of ether oxygens (including phenoxy) is 1. The molecule has 1 atom stereocenters. The van der Waals surface area contributed by atoms with E-state index in [0.29, 0.717) is 5.92 Å². The molecule has 1 aliphatic heterocycles. The van der Waals surface area contributed by atoms with Crippen molar-refractivity contribution in [1.29, 1.82) is 0 Å². The molecule has 0 saturated carbocycles. The first-order chi connectivity index (χ1) is 12.5. The van der Waals surface area contributed by atoms with Gasteiger partial charge in [-0.2, -0.15) is 0 Å². The van der Waals surface area contributed by atoms with Crippen LogP contribution in [0.3, 0.4) is 0 Å². The van der Waals surface area contributed by atoms with Gasteiger partial charge in [-0.3, -0.25) is 4.90 Å². The Balaban J connectivity index is 0.000000758. The van der Waals surface area contributed by atoms with E-state index in [9.17, 15) is 0 Å². The van der Waals surface area contributed by atoms with Crippen molar-refractivity contribution in [1.82, 2.24) is 14.9 Å². The zero-order valence-electron chi connectivity index (χ0n) is 16.9. The molecule has 0 saturated heterocycles. The largest absolute Gasteiger partial charge is 0.497 e. The third-order valence-electron chi connectivity index (χ3n) is 4.18. The van der Waals surface area contributed by atoms with Crippen LogP contribution in [0.2, 0.25) is 0 Å². The van der Waals surface area contributed by atoms with E-state index in [0.717, 1.165) is 48.4 Å². The van der Waals surface area contributed by atoms with E-state index in [-0.39, 0.29) is 6.10 Å². The SMILES string of the molecule is CC(C)c1nc(CN(C)CC2CCC=CO2)nc2ccccc12.CCC. The van der Waals surface area contributed by atoms with Crippen molar-refractivity contribution in [3.63, 3.8) is 0 Å². The van der Waals surface area contributed by atoms with Crippen molar-refractivity contribution in [2.75, 3.05) is 13.6 Å². The van der Waals surface area contributed by atoms with Gasteiger partial charge in [0.15, 0.2) is 0 Å². The Morgan fingerprint density at radius 1 is 1.19 bits per heavy atom. The van der Waals surface area contributed by atoms with Gasteiger partial charge in [0.05, 0.1) is 24.0 Å². The van der Waals surface area contributed by atoms with Crippen molar-refractivity contribution in [3.05, 3.63) is 48.1 Å². The Morgan fingerprint density at radius 3 is 2.58 bits per heavy atom. The van der Waals surface area contributed by atoms with Crippen molar-refractivity contribution < 1.29 is 4.74 Å². The first kappa shape index (κ1) is 20.4. The molecule has 1 aromatic carbocycles. The molecule has 0 amide bonds. The molecule has 0 radical (unpaired) electrons. The molecule has 1 aliphatic rings. The normalized spacial score (nSPS) is 16.5. The van der Waals surface area contributed by atoms with E-state index >= 15 is 0 Å². The monoisotopic (exact) mass is 355 g/mol. The molecular formula is C22H33N3O. The third-order valence-corrected chi connectivity index (χ3v) is 4.18. The summed E-state index contributed by atoms with van der Waals surface area (Å²) in [5, 5.41) is 1.16. The molecule has 26 heavy (non-hydrogen) atoms. The first-order valence-electron chi connectivity index (χ1n) is 9.79. The highest BCUT2D eigenvalue weighted by Gasteiger charge is 2.16. The highest BCUT2D eigenvalue weighted by Crippen LogP contribution is 2.23. The number of aromatic nitrogens is 2. The van der Waals surface area contributed by atoms with Gasteiger partial charge in [-0.1, -0.05) is 52.3 Å². The molecule has 0 N–H and O–H groups in total. The van der Waals surface area contributed by atoms with Crippen LogP contribution in [-0.2, 0) is 11.3 Å². The number of hydrogen-bond acceptors (Lipinski definition) is 4. The van der Waals surface area contributed by atoms with E-state index in [1.807, 2.05) is 12.3 Å². The van der Waals surface area contributed by atoms with Crippen LogP contribution in [0.15, 0.2) is 36.6 Å². The summed E-state index contributed by atoms with van der Waals surface area (Å²) in [5.74, 6) is 1.28. The van der Waals surface area contributed by atoms with Crippen molar-refractivity contribution >= 4 is 10.9 Å². The quantitative estimate of drug-likeness (QED) is 0.730. The summed E-state index contributed by atoms with van der Waals surface area (Å²) in [5.41, 5.74) is 2.17. The molecular weight excluding hydrogens is 322 g/mol. The van der Waals surface area contributed by atoms with Gasteiger partial charge in [-0.25, -0.2) is 9.97 Å². The Hall–Kier alpha value is -1.94. The smallest absolute Gasteiger partial charge is 0.143 e. The van der Waals surface area contributed by atoms with Crippen LogP contribution in [-0.4, -0.2) is 34.6 Å². The zero-order chi connectivity index (χ0) is 18.9. The van der Waals surface area contributed by atoms with Crippen LogP contribution in [0.25, 0.3) is 10.9 Å². The minimum atomic E-state index is 0.273. The van der Waals surface area contributed by atoms with Gasteiger partial charge in [-0.15, -0.1) is 0 Å². The minimum Gasteiger partial charge on any atom is -0.497 e. The zero-order valence-corrected chi connectivity index (χ0v) is 16.9. The highest BCUT2D eigenvalue weighted by atomic mass is 16.5. The van der Waals surface area contributed by atoms with Crippen LogP contribution in [0.1, 0.15) is 64.4 Å². The Labute approximate surface area is 158 Å². The predicted molar refractivity (Wildman–Crippen MR) is 109 cm³/mol. The summed E-state index contributed by atoms with van der Waals surface area (Å²) in [4.78, 5) is 11.8. The van der Waals surface area contributed by atoms with Gasteiger partial charge in [0.25, 0.3) is 0 Å². The van der Waals surface area contributed by atoms with Gasteiger partial charge in [0.1, 0.15) is 11.9 Å².